The highest BCUT2D eigenvalue weighted by molar-refractivity contribution is 5.99. The molecule has 0 aliphatic heterocycles. The minimum Gasteiger partial charge on any atom is -0.493 e. The summed E-state index contributed by atoms with van der Waals surface area (Å²) in [6, 6.07) is 15.7. The molecular formula is C18H14N2O2. The highest BCUT2D eigenvalue weighted by Crippen LogP contribution is 2.37. The van der Waals surface area contributed by atoms with Crippen molar-refractivity contribution in [2.75, 3.05) is 14.2 Å². The van der Waals surface area contributed by atoms with Crippen LogP contribution in [-0.4, -0.2) is 19.2 Å². The van der Waals surface area contributed by atoms with Crippen molar-refractivity contribution >= 4 is 10.8 Å². The van der Waals surface area contributed by atoms with E-state index in [1.807, 2.05) is 42.5 Å². The van der Waals surface area contributed by atoms with Crippen LogP contribution < -0.4 is 9.47 Å². The number of benzene rings is 2. The van der Waals surface area contributed by atoms with Gasteiger partial charge in [-0.1, -0.05) is 30.3 Å². The van der Waals surface area contributed by atoms with Crippen molar-refractivity contribution in [3.05, 3.63) is 54.2 Å². The van der Waals surface area contributed by atoms with Crippen molar-refractivity contribution in [3.8, 4) is 28.8 Å². The minimum absolute atomic E-state index is 0.510. The average molecular weight is 290 g/mol. The third-order valence-corrected chi connectivity index (χ3v) is 3.56. The topological polar surface area (TPSA) is 55.1 Å². The third kappa shape index (κ3) is 2.23. The molecule has 0 radical (unpaired) electrons. The van der Waals surface area contributed by atoms with Crippen LogP contribution in [-0.2, 0) is 0 Å². The maximum absolute atomic E-state index is 9.33. The van der Waals surface area contributed by atoms with Crippen LogP contribution in [0.3, 0.4) is 0 Å². The molecule has 0 aliphatic carbocycles. The van der Waals surface area contributed by atoms with Gasteiger partial charge in [-0.05, 0) is 12.1 Å². The molecule has 0 fully saturated rings. The molecule has 0 bridgehead atoms. The standard InChI is InChI=1S/C18H14N2O2/c1-21-16-8-14-13(10-19)11-20-18(12-6-4-3-5-7-12)15(14)9-17(16)22-2/h3-9,11H,1-2H3. The zero-order valence-electron chi connectivity index (χ0n) is 12.3. The number of aromatic nitrogens is 1. The van der Waals surface area contributed by atoms with Crippen LogP contribution in [0.15, 0.2) is 48.7 Å². The lowest BCUT2D eigenvalue weighted by Crippen LogP contribution is -1.94. The Balaban J connectivity index is 2.38. The van der Waals surface area contributed by atoms with Gasteiger partial charge in [0.2, 0.25) is 0 Å². The maximum Gasteiger partial charge on any atom is 0.161 e. The van der Waals surface area contributed by atoms with Gasteiger partial charge in [-0.25, -0.2) is 0 Å². The number of nitrogens with zero attached hydrogens (tertiary/aromatic N) is 2. The normalized spacial score (nSPS) is 10.2. The summed E-state index contributed by atoms with van der Waals surface area (Å²) in [5.41, 5.74) is 2.32. The van der Waals surface area contributed by atoms with E-state index in [4.69, 9.17) is 9.47 Å². The Kier molecular flexibility index (Phi) is 3.63. The number of rotatable bonds is 3. The lowest BCUT2D eigenvalue weighted by Gasteiger charge is -2.12. The molecular weight excluding hydrogens is 276 g/mol. The third-order valence-electron chi connectivity index (χ3n) is 3.56. The monoisotopic (exact) mass is 290 g/mol. The molecule has 0 spiro atoms. The summed E-state index contributed by atoms with van der Waals surface area (Å²) in [7, 11) is 3.17. The molecule has 0 N–H and O–H groups in total. The summed E-state index contributed by atoms with van der Waals surface area (Å²) in [6.45, 7) is 0. The van der Waals surface area contributed by atoms with Gasteiger partial charge in [0.15, 0.2) is 11.5 Å². The van der Waals surface area contributed by atoms with E-state index in [9.17, 15) is 5.26 Å². The van der Waals surface area contributed by atoms with Crippen LogP contribution in [0.4, 0.5) is 0 Å². The van der Waals surface area contributed by atoms with E-state index in [1.54, 1.807) is 20.4 Å². The van der Waals surface area contributed by atoms with Crippen molar-refractivity contribution < 1.29 is 9.47 Å². The second kappa shape index (κ2) is 5.74. The number of pyridine rings is 1. The van der Waals surface area contributed by atoms with E-state index >= 15 is 0 Å². The molecule has 3 aromatic rings. The van der Waals surface area contributed by atoms with Crippen molar-refractivity contribution in [1.29, 1.82) is 5.26 Å². The Morgan fingerprint density at radius 1 is 0.955 bits per heavy atom. The first kappa shape index (κ1) is 13.9. The van der Waals surface area contributed by atoms with Crippen molar-refractivity contribution in [1.82, 2.24) is 4.98 Å². The van der Waals surface area contributed by atoms with Gasteiger partial charge >= 0.3 is 0 Å². The predicted octanol–water partition coefficient (Wildman–Crippen LogP) is 3.79. The molecule has 0 saturated carbocycles. The SMILES string of the molecule is COc1cc2c(C#N)cnc(-c3ccccc3)c2cc1OC. The van der Waals surface area contributed by atoms with Crippen LogP contribution >= 0.6 is 0 Å². The summed E-state index contributed by atoms with van der Waals surface area (Å²) in [5.74, 6) is 1.21. The van der Waals surface area contributed by atoms with Gasteiger partial charge in [-0.3, -0.25) is 4.98 Å². The Morgan fingerprint density at radius 2 is 1.59 bits per heavy atom. The summed E-state index contributed by atoms with van der Waals surface area (Å²) < 4.78 is 10.7. The summed E-state index contributed by atoms with van der Waals surface area (Å²) in [5, 5.41) is 11.0. The molecule has 4 nitrogen and oxygen atoms in total. The molecule has 0 saturated heterocycles. The predicted molar refractivity (Wildman–Crippen MR) is 85.0 cm³/mol. The first-order chi connectivity index (χ1) is 10.8. The number of methoxy groups -OCH3 is 2. The molecule has 1 aromatic heterocycles. The quantitative estimate of drug-likeness (QED) is 0.736. The fourth-order valence-electron chi connectivity index (χ4n) is 2.48. The van der Waals surface area contributed by atoms with Crippen molar-refractivity contribution in [2.24, 2.45) is 0 Å². The van der Waals surface area contributed by atoms with Gasteiger partial charge < -0.3 is 9.47 Å². The van der Waals surface area contributed by atoms with Gasteiger partial charge in [0.05, 0.1) is 25.5 Å². The Morgan fingerprint density at radius 3 is 2.18 bits per heavy atom. The molecule has 3 rings (SSSR count). The Labute approximate surface area is 128 Å². The van der Waals surface area contributed by atoms with Gasteiger partial charge in [-0.15, -0.1) is 0 Å². The Bertz CT molecular complexity index is 868. The summed E-state index contributed by atoms with van der Waals surface area (Å²) in [4.78, 5) is 4.46. The molecule has 0 unspecified atom stereocenters. The molecule has 0 atom stereocenters. The maximum atomic E-state index is 9.33. The molecule has 4 heteroatoms. The molecule has 1 heterocycles. The van der Waals surface area contributed by atoms with E-state index < -0.39 is 0 Å². The highest BCUT2D eigenvalue weighted by atomic mass is 16.5. The van der Waals surface area contributed by atoms with E-state index in [0.29, 0.717) is 17.1 Å². The number of hydrogen-bond donors (Lipinski definition) is 0. The molecule has 0 aliphatic rings. The first-order valence-electron chi connectivity index (χ1n) is 6.78. The van der Waals surface area contributed by atoms with E-state index in [0.717, 1.165) is 22.0 Å². The van der Waals surface area contributed by atoms with Crippen molar-refractivity contribution in [2.45, 2.75) is 0 Å². The fraction of sp³-hybridized carbons (Fsp3) is 0.111. The minimum atomic E-state index is 0.510. The molecule has 0 amide bonds. The number of hydrogen-bond acceptors (Lipinski definition) is 4. The first-order valence-corrected chi connectivity index (χ1v) is 6.78. The largest absolute Gasteiger partial charge is 0.493 e. The Hall–Kier alpha value is -3.06. The van der Waals surface area contributed by atoms with Crippen LogP contribution in [0.25, 0.3) is 22.0 Å². The van der Waals surface area contributed by atoms with Crippen LogP contribution in [0, 0.1) is 11.3 Å². The zero-order valence-corrected chi connectivity index (χ0v) is 12.3. The van der Waals surface area contributed by atoms with Gasteiger partial charge in [0, 0.05) is 22.5 Å². The smallest absolute Gasteiger partial charge is 0.161 e. The second-order valence-corrected chi connectivity index (χ2v) is 4.75. The van der Waals surface area contributed by atoms with Crippen LogP contribution in [0.1, 0.15) is 5.56 Å². The lowest BCUT2D eigenvalue weighted by molar-refractivity contribution is 0.356. The van der Waals surface area contributed by atoms with Gasteiger partial charge in [-0.2, -0.15) is 5.26 Å². The zero-order chi connectivity index (χ0) is 15.5. The molecule has 22 heavy (non-hydrogen) atoms. The molecule has 108 valence electrons. The second-order valence-electron chi connectivity index (χ2n) is 4.75. The number of nitriles is 1. The fourth-order valence-corrected chi connectivity index (χ4v) is 2.48. The van der Waals surface area contributed by atoms with Gasteiger partial charge in [0.25, 0.3) is 0 Å². The summed E-state index contributed by atoms with van der Waals surface area (Å²) in [6.07, 6.45) is 1.59. The van der Waals surface area contributed by atoms with Crippen LogP contribution in [0.2, 0.25) is 0 Å². The van der Waals surface area contributed by atoms with Gasteiger partial charge in [0.1, 0.15) is 6.07 Å². The number of fused-ring (bicyclic) bond motifs is 1. The molecule has 2 aromatic carbocycles. The number of ether oxygens (including phenoxy) is 2. The highest BCUT2D eigenvalue weighted by Gasteiger charge is 2.14. The summed E-state index contributed by atoms with van der Waals surface area (Å²) >= 11 is 0. The van der Waals surface area contributed by atoms with E-state index in [2.05, 4.69) is 11.1 Å². The lowest BCUT2D eigenvalue weighted by atomic mass is 10.0. The van der Waals surface area contributed by atoms with E-state index in [-0.39, 0.29) is 0 Å². The van der Waals surface area contributed by atoms with E-state index in [1.165, 1.54) is 0 Å². The van der Waals surface area contributed by atoms with Crippen LogP contribution in [0.5, 0.6) is 11.5 Å². The van der Waals surface area contributed by atoms with Crippen molar-refractivity contribution in [3.63, 3.8) is 0 Å². The average Bonchev–Trinajstić information content (AvgIpc) is 2.60.